The summed E-state index contributed by atoms with van der Waals surface area (Å²) in [5, 5.41) is 3.88. The van der Waals surface area contributed by atoms with Gasteiger partial charge in [0.2, 0.25) is 11.8 Å². The van der Waals surface area contributed by atoms with Gasteiger partial charge < -0.3 is 10.2 Å². The number of hydrogen-bond donors (Lipinski definition) is 1. The third-order valence-corrected chi connectivity index (χ3v) is 7.58. The summed E-state index contributed by atoms with van der Waals surface area (Å²) >= 11 is 11.0. The summed E-state index contributed by atoms with van der Waals surface area (Å²) in [6.45, 7) is 2.25. The van der Waals surface area contributed by atoms with Gasteiger partial charge in [0, 0.05) is 39.2 Å². The molecule has 2 aromatic carbocycles. The Labute approximate surface area is 208 Å². The van der Waals surface area contributed by atoms with Gasteiger partial charge >= 0.3 is 0 Å². The molecule has 1 aliphatic rings. The molecular formula is C25H30BrClN2O2S. The fourth-order valence-electron chi connectivity index (χ4n) is 3.87. The van der Waals surface area contributed by atoms with E-state index in [0.717, 1.165) is 40.6 Å². The minimum Gasteiger partial charge on any atom is -0.352 e. The zero-order valence-electron chi connectivity index (χ0n) is 18.4. The largest absolute Gasteiger partial charge is 0.352 e. The predicted octanol–water partition coefficient (Wildman–Crippen LogP) is 6.45. The van der Waals surface area contributed by atoms with Crippen LogP contribution in [-0.2, 0) is 16.1 Å². The number of thioether (sulfide) groups is 1. The zero-order valence-corrected chi connectivity index (χ0v) is 21.5. The van der Waals surface area contributed by atoms with Crippen molar-refractivity contribution in [2.45, 2.75) is 69.0 Å². The van der Waals surface area contributed by atoms with Gasteiger partial charge in [0.1, 0.15) is 6.04 Å². The molecule has 2 amide bonds. The number of hydrogen-bond acceptors (Lipinski definition) is 3. The van der Waals surface area contributed by atoms with Crippen molar-refractivity contribution in [1.29, 1.82) is 0 Å². The van der Waals surface area contributed by atoms with Crippen molar-refractivity contribution >= 4 is 51.1 Å². The zero-order chi connectivity index (χ0) is 22.9. The Hall–Kier alpha value is -1.50. The van der Waals surface area contributed by atoms with E-state index < -0.39 is 6.04 Å². The molecule has 0 saturated heterocycles. The molecule has 7 heteroatoms. The van der Waals surface area contributed by atoms with Crippen LogP contribution < -0.4 is 5.32 Å². The Morgan fingerprint density at radius 3 is 2.41 bits per heavy atom. The highest BCUT2D eigenvalue weighted by Gasteiger charge is 2.27. The van der Waals surface area contributed by atoms with E-state index >= 15 is 0 Å². The molecule has 0 bridgehead atoms. The third kappa shape index (κ3) is 7.82. The quantitative estimate of drug-likeness (QED) is 0.374. The highest BCUT2D eigenvalue weighted by Crippen LogP contribution is 2.23. The second-order valence-electron chi connectivity index (χ2n) is 8.22. The summed E-state index contributed by atoms with van der Waals surface area (Å²) in [5.41, 5.74) is 1.00. The molecule has 1 unspecified atom stereocenters. The highest BCUT2D eigenvalue weighted by molar-refractivity contribution is 9.10. The molecule has 2 aromatic rings. The lowest BCUT2D eigenvalue weighted by molar-refractivity contribution is -0.140. The summed E-state index contributed by atoms with van der Waals surface area (Å²) < 4.78 is 0.988. The maximum absolute atomic E-state index is 13.2. The number of carbonyl (C=O) groups excluding carboxylic acids is 2. The summed E-state index contributed by atoms with van der Waals surface area (Å²) in [7, 11) is 0. The van der Waals surface area contributed by atoms with E-state index in [9.17, 15) is 9.59 Å². The Morgan fingerprint density at radius 1 is 1.09 bits per heavy atom. The van der Waals surface area contributed by atoms with Gasteiger partial charge in [-0.25, -0.2) is 0 Å². The van der Waals surface area contributed by atoms with Crippen molar-refractivity contribution in [1.82, 2.24) is 10.2 Å². The molecule has 1 fully saturated rings. The molecule has 0 spiro atoms. The van der Waals surface area contributed by atoms with Crippen LogP contribution in [0.5, 0.6) is 0 Å². The lowest BCUT2D eigenvalue weighted by atomic mass is 9.95. The van der Waals surface area contributed by atoms with Gasteiger partial charge in [-0.2, -0.15) is 0 Å². The van der Waals surface area contributed by atoms with E-state index in [2.05, 4.69) is 21.2 Å². The molecule has 0 aliphatic heterocycles. The first-order chi connectivity index (χ1) is 15.4. The van der Waals surface area contributed by atoms with Crippen LogP contribution in [0, 0.1) is 0 Å². The van der Waals surface area contributed by atoms with Crippen molar-refractivity contribution in [3.63, 3.8) is 0 Å². The van der Waals surface area contributed by atoms with Crippen LogP contribution in [-0.4, -0.2) is 34.6 Å². The molecule has 3 rings (SSSR count). The van der Waals surface area contributed by atoms with Gasteiger partial charge in [-0.1, -0.05) is 58.9 Å². The van der Waals surface area contributed by atoms with Gasteiger partial charge in [0.25, 0.3) is 0 Å². The standard InChI is InChI=1S/C25H30BrClN2O2S/c1-18(25(31)28-22-5-3-2-4-6-22)29(17-19-7-9-20(26)10-8-19)24(30)15-16-32-23-13-11-21(27)12-14-23/h7-14,18,22H,2-6,15-17H2,1H3,(H,28,31). The molecule has 1 N–H and O–H groups in total. The van der Waals surface area contributed by atoms with Crippen LogP contribution in [0.3, 0.4) is 0 Å². The Kier molecular flexibility index (Phi) is 9.94. The number of nitrogens with one attached hydrogen (secondary N) is 1. The van der Waals surface area contributed by atoms with Crippen LogP contribution in [0.15, 0.2) is 57.9 Å². The maximum Gasteiger partial charge on any atom is 0.242 e. The van der Waals surface area contributed by atoms with Gasteiger partial charge in [0.05, 0.1) is 0 Å². The van der Waals surface area contributed by atoms with Gasteiger partial charge in [-0.05, 0) is 61.7 Å². The van der Waals surface area contributed by atoms with Crippen molar-refractivity contribution in [2.75, 3.05) is 5.75 Å². The van der Waals surface area contributed by atoms with Crippen molar-refractivity contribution in [3.8, 4) is 0 Å². The number of amides is 2. The molecule has 32 heavy (non-hydrogen) atoms. The van der Waals surface area contributed by atoms with E-state index in [-0.39, 0.29) is 17.9 Å². The van der Waals surface area contributed by atoms with Crippen LogP contribution in [0.1, 0.15) is 51.0 Å². The molecule has 1 atom stereocenters. The van der Waals surface area contributed by atoms with Crippen molar-refractivity contribution in [3.05, 3.63) is 63.6 Å². The van der Waals surface area contributed by atoms with Gasteiger partial charge in [-0.3, -0.25) is 9.59 Å². The average molecular weight is 538 g/mol. The molecular weight excluding hydrogens is 508 g/mol. The molecule has 172 valence electrons. The van der Waals surface area contributed by atoms with Crippen LogP contribution in [0.2, 0.25) is 5.02 Å². The third-order valence-electron chi connectivity index (χ3n) is 5.78. The van der Waals surface area contributed by atoms with Crippen molar-refractivity contribution in [2.24, 2.45) is 0 Å². The minimum atomic E-state index is -0.520. The first kappa shape index (κ1) is 25.1. The first-order valence-electron chi connectivity index (χ1n) is 11.1. The van der Waals surface area contributed by atoms with Crippen LogP contribution >= 0.6 is 39.3 Å². The summed E-state index contributed by atoms with van der Waals surface area (Å²) in [5.74, 6) is 0.572. The molecule has 4 nitrogen and oxygen atoms in total. The lowest BCUT2D eigenvalue weighted by Gasteiger charge is -2.31. The SMILES string of the molecule is CC(C(=O)NC1CCCCC1)N(Cc1ccc(Br)cc1)C(=O)CCSc1ccc(Cl)cc1. The molecule has 0 heterocycles. The second-order valence-corrected chi connectivity index (χ2v) is 10.7. The second kappa shape index (κ2) is 12.7. The van der Waals surface area contributed by atoms with Crippen LogP contribution in [0.4, 0.5) is 0 Å². The average Bonchev–Trinajstić information content (AvgIpc) is 2.80. The number of carbonyl (C=O) groups is 2. The monoisotopic (exact) mass is 536 g/mol. The smallest absolute Gasteiger partial charge is 0.242 e. The fourth-order valence-corrected chi connectivity index (χ4v) is 5.10. The minimum absolute atomic E-state index is 0.0133. The number of benzene rings is 2. The maximum atomic E-state index is 13.2. The number of halogens is 2. The predicted molar refractivity (Wildman–Crippen MR) is 136 cm³/mol. The normalized spacial score (nSPS) is 15.2. The highest BCUT2D eigenvalue weighted by atomic mass is 79.9. The topological polar surface area (TPSA) is 49.4 Å². The molecule has 0 radical (unpaired) electrons. The van der Waals surface area contributed by atoms with Gasteiger partial charge in [0.15, 0.2) is 0 Å². The molecule has 0 aromatic heterocycles. The van der Waals surface area contributed by atoms with E-state index in [0.29, 0.717) is 23.7 Å². The van der Waals surface area contributed by atoms with Crippen LogP contribution in [0.25, 0.3) is 0 Å². The van der Waals surface area contributed by atoms with E-state index in [1.165, 1.54) is 6.42 Å². The van der Waals surface area contributed by atoms with E-state index in [4.69, 9.17) is 11.6 Å². The number of nitrogens with zero attached hydrogens (tertiary/aromatic N) is 1. The Morgan fingerprint density at radius 2 is 1.75 bits per heavy atom. The van der Waals surface area contributed by atoms with Crippen molar-refractivity contribution < 1.29 is 9.59 Å². The first-order valence-corrected chi connectivity index (χ1v) is 13.3. The van der Waals surface area contributed by atoms with E-state index in [1.807, 2.05) is 55.5 Å². The summed E-state index contributed by atoms with van der Waals surface area (Å²) in [6.07, 6.45) is 5.96. The Bertz CT molecular complexity index is 886. The summed E-state index contributed by atoms with van der Waals surface area (Å²) in [4.78, 5) is 29.0. The lowest BCUT2D eigenvalue weighted by Crippen LogP contribution is -2.50. The van der Waals surface area contributed by atoms with E-state index in [1.54, 1.807) is 16.7 Å². The summed E-state index contributed by atoms with van der Waals surface area (Å²) in [6, 6.07) is 15.2. The molecule has 1 saturated carbocycles. The molecule has 1 aliphatic carbocycles. The number of rotatable bonds is 9. The Balaban J connectivity index is 1.64. The fraction of sp³-hybridized carbons (Fsp3) is 0.440. The van der Waals surface area contributed by atoms with Gasteiger partial charge in [-0.15, -0.1) is 11.8 Å².